The Kier molecular flexibility index (Phi) is 2.90. The van der Waals surface area contributed by atoms with Crippen LogP contribution in [0.5, 0.6) is 0 Å². The standard InChI is InChI=1S/C13H16N4O/c1-4-17-10-6-8(3)7(2)5-9(10)16-11(12(17)14)13(15)18/h5-6,14H,4H2,1-3H3,(H2,15,18). The van der Waals surface area contributed by atoms with Crippen LogP contribution in [0.1, 0.15) is 28.5 Å². The molecule has 1 amide bonds. The molecule has 0 fully saturated rings. The molecule has 5 heteroatoms. The topological polar surface area (TPSA) is 84.8 Å². The predicted octanol–water partition coefficient (Wildman–Crippen LogP) is 1.25. The third kappa shape index (κ3) is 1.77. The normalized spacial score (nSPS) is 10.8. The van der Waals surface area contributed by atoms with Gasteiger partial charge in [-0.2, -0.15) is 0 Å². The second-order valence-electron chi connectivity index (χ2n) is 4.34. The number of amides is 1. The molecule has 1 aromatic heterocycles. The summed E-state index contributed by atoms with van der Waals surface area (Å²) in [4.78, 5) is 15.5. The second kappa shape index (κ2) is 4.25. The molecule has 0 aliphatic rings. The van der Waals surface area contributed by atoms with Crippen molar-refractivity contribution < 1.29 is 4.79 Å². The fourth-order valence-electron chi connectivity index (χ4n) is 2.01. The Labute approximate surface area is 105 Å². The van der Waals surface area contributed by atoms with E-state index in [-0.39, 0.29) is 11.2 Å². The monoisotopic (exact) mass is 244 g/mol. The number of rotatable bonds is 2. The molecule has 0 bridgehead atoms. The lowest BCUT2D eigenvalue weighted by Gasteiger charge is -2.12. The summed E-state index contributed by atoms with van der Waals surface area (Å²) in [5.41, 5.74) is 9.15. The number of aryl methyl sites for hydroxylation is 3. The summed E-state index contributed by atoms with van der Waals surface area (Å²) in [6.45, 7) is 6.53. The summed E-state index contributed by atoms with van der Waals surface area (Å²) in [5, 5.41) is 7.98. The summed E-state index contributed by atoms with van der Waals surface area (Å²) >= 11 is 0. The average Bonchev–Trinajstić information content (AvgIpc) is 2.30. The van der Waals surface area contributed by atoms with Crippen LogP contribution in [0.15, 0.2) is 12.1 Å². The van der Waals surface area contributed by atoms with Crippen molar-refractivity contribution >= 4 is 16.9 Å². The van der Waals surface area contributed by atoms with Crippen molar-refractivity contribution in [2.24, 2.45) is 5.73 Å². The lowest BCUT2D eigenvalue weighted by Crippen LogP contribution is -2.31. The summed E-state index contributed by atoms with van der Waals surface area (Å²) in [6, 6.07) is 3.91. The largest absolute Gasteiger partial charge is 0.364 e. The Morgan fingerprint density at radius 2 is 2.00 bits per heavy atom. The maximum atomic E-state index is 11.3. The van der Waals surface area contributed by atoms with Crippen LogP contribution in [-0.4, -0.2) is 15.5 Å². The molecule has 0 aliphatic carbocycles. The van der Waals surface area contributed by atoms with Crippen LogP contribution < -0.4 is 11.2 Å². The second-order valence-corrected chi connectivity index (χ2v) is 4.34. The van der Waals surface area contributed by atoms with E-state index in [9.17, 15) is 4.79 Å². The maximum Gasteiger partial charge on any atom is 0.271 e. The van der Waals surface area contributed by atoms with E-state index in [1.54, 1.807) is 4.57 Å². The molecule has 0 saturated heterocycles. The number of benzene rings is 1. The van der Waals surface area contributed by atoms with E-state index in [2.05, 4.69) is 4.98 Å². The number of aromatic nitrogens is 2. The lowest BCUT2D eigenvalue weighted by atomic mass is 10.1. The van der Waals surface area contributed by atoms with Crippen molar-refractivity contribution in [1.82, 2.24) is 9.55 Å². The summed E-state index contributed by atoms with van der Waals surface area (Å²) in [5.74, 6) is -0.665. The highest BCUT2D eigenvalue weighted by Crippen LogP contribution is 2.16. The first kappa shape index (κ1) is 12.3. The number of carbonyl (C=O) groups is 1. The Hall–Kier alpha value is -2.17. The number of fused-ring (bicyclic) bond motifs is 1. The molecule has 2 rings (SSSR count). The number of nitrogens with two attached hydrogens (primary N) is 1. The number of nitrogens with zero attached hydrogens (tertiary/aromatic N) is 2. The highest BCUT2D eigenvalue weighted by atomic mass is 16.1. The Morgan fingerprint density at radius 1 is 1.39 bits per heavy atom. The molecule has 0 unspecified atom stereocenters. The number of hydrogen-bond acceptors (Lipinski definition) is 3. The van der Waals surface area contributed by atoms with Gasteiger partial charge in [0.25, 0.3) is 5.91 Å². The van der Waals surface area contributed by atoms with Gasteiger partial charge in [-0.1, -0.05) is 0 Å². The molecule has 18 heavy (non-hydrogen) atoms. The van der Waals surface area contributed by atoms with Gasteiger partial charge in [-0.3, -0.25) is 10.2 Å². The number of nitrogens with one attached hydrogen (secondary N) is 1. The highest BCUT2D eigenvalue weighted by molar-refractivity contribution is 5.92. The molecule has 1 heterocycles. The molecule has 0 spiro atoms. The van der Waals surface area contributed by atoms with Gasteiger partial charge in [-0.25, -0.2) is 4.98 Å². The maximum absolute atomic E-state index is 11.3. The van der Waals surface area contributed by atoms with Crippen molar-refractivity contribution in [2.75, 3.05) is 0 Å². The van der Waals surface area contributed by atoms with Crippen LogP contribution >= 0.6 is 0 Å². The van der Waals surface area contributed by atoms with Crippen LogP contribution in [0, 0.1) is 19.3 Å². The molecule has 0 saturated carbocycles. The average molecular weight is 244 g/mol. The highest BCUT2D eigenvalue weighted by Gasteiger charge is 2.12. The Morgan fingerprint density at radius 3 is 2.56 bits per heavy atom. The van der Waals surface area contributed by atoms with E-state index < -0.39 is 5.91 Å². The van der Waals surface area contributed by atoms with Gasteiger partial charge in [-0.05, 0) is 44.0 Å². The molecule has 2 aromatic rings. The number of primary amides is 1. The van der Waals surface area contributed by atoms with Gasteiger partial charge in [0, 0.05) is 6.54 Å². The fraction of sp³-hybridized carbons (Fsp3) is 0.308. The molecule has 1 aromatic carbocycles. The third-order valence-electron chi connectivity index (χ3n) is 3.16. The van der Waals surface area contributed by atoms with Crippen LogP contribution in [0.25, 0.3) is 11.0 Å². The van der Waals surface area contributed by atoms with E-state index in [1.807, 2.05) is 32.9 Å². The molecule has 5 nitrogen and oxygen atoms in total. The van der Waals surface area contributed by atoms with E-state index in [0.29, 0.717) is 12.1 Å². The van der Waals surface area contributed by atoms with Gasteiger partial charge >= 0.3 is 0 Å². The van der Waals surface area contributed by atoms with Crippen molar-refractivity contribution in [3.8, 4) is 0 Å². The fourth-order valence-corrected chi connectivity index (χ4v) is 2.01. The van der Waals surface area contributed by atoms with Crippen LogP contribution in [0.4, 0.5) is 0 Å². The molecule has 0 atom stereocenters. The minimum atomic E-state index is -0.665. The van der Waals surface area contributed by atoms with Crippen molar-refractivity contribution in [3.63, 3.8) is 0 Å². The van der Waals surface area contributed by atoms with Gasteiger partial charge in [0.15, 0.2) is 11.2 Å². The first-order chi connectivity index (χ1) is 8.45. The summed E-state index contributed by atoms with van der Waals surface area (Å²) in [6.07, 6.45) is 0. The van der Waals surface area contributed by atoms with E-state index in [4.69, 9.17) is 11.1 Å². The lowest BCUT2D eigenvalue weighted by molar-refractivity contribution is 0.0993. The quantitative estimate of drug-likeness (QED) is 0.833. The molecule has 0 aliphatic heterocycles. The molecule has 0 radical (unpaired) electrons. The number of hydrogen-bond donors (Lipinski definition) is 2. The first-order valence-corrected chi connectivity index (χ1v) is 5.82. The van der Waals surface area contributed by atoms with Crippen molar-refractivity contribution in [3.05, 3.63) is 34.4 Å². The number of carbonyl (C=O) groups excluding carboxylic acids is 1. The minimum Gasteiger partial charge on any atom is -0.364 e. The van der Waals surface area contributed by atoms with Crippen LogP contribution in [0.3, 0.4) is 0 Å². The van der Waals surface area contributed by atoms with Crippen LogP contribution in [-0.2, 0) is 6.54 Å². The predicted molar refractivity (Wildman–Crippen MR) is 69.3 cm³/mol. The minimum absolute atomic E-state index is 0.0209. The van der Waals surface area contributed by atoms with Crippen LogP contribution in [0.2, 0.25) is 0 Å². The van der Waals surface area contributed by atoms with Gasteiger partial charge in [0.1, 0.15) is 0 Å². The molecular weight excluding hydrogens is 228 g/mol. The van der Waals surface area contributed by atoms with E-state index in [0.717, 1.165) is 16.6 Å². The smallest absolute Gasteiger partial charge is 0.271 e. The Bertz CT molecular complexity index is 700. The van der Waals surface area contributed by atoms with E-state index in [1.165, 1.54) is 0 Å². The zero-order chi connectivity index (χ0) is 13.4. The SMILES string of the molecule is CCn1c(=N)c(C(N)=O)nc2cc(C)c(C)cc21. The first-order valence-electron chi connectivity index (χ1n) is 5.82. The van der Waals surface area contributed by atoms with Gasteiger partial charge < -0.3 is 10.3 Å². The van der Waals surface area contributed by atoms with Gasteiger partial charge in [0.05, 0.1) is 11.0 Å². The van der Waals surface area contributed by atoms with Crippen molar-refractivity contribution in [1.29, 1.82) is 5.41 Å². The zero-order valence-corrected chi connectivity index (χ0v) is 10.7. The summed E-state index contributed by atoms with van der Waals surface area (Å²) < 4.78 is 1.74. The molecule has 3 N–H and O–H groups in total. The van der Waals surface area contributed by atoms with Crippen molar-refractivity contribution in [2.45, 2.75) is 27.3 Å². The molecule has 94 valence electrons. The zero-order valence-electron chi connectivity index (χ0n) is 10.7. The van der Waals surface area contributed by atoms with Gasteiger partial charge in [0.2, 0.25) is 0 Å². The Balaban J connectivity index is 2.97. The third-order valence-corrected chi connectivity index (χ3v) is 3.16. The van der Waals surface area contributed by atoms with Gasteiger partial charge in [-0.15, -0.1) is 0 Å². The summed E-state index contributed by atoms with van der Waals surface area (Å²) in [7, 11) is 0. The molecular formula is C13H16N4O. The van der Waals surface area contributed by atoms with E-state index >= 15 is 0 Å².